The van der Waals surface area contributed by atoms with Crippen LogP contribution in [0.5, 0.6) is 0 Å². The summed E-state index contributed by atoms with van der Waals surface area (Å²) in [6, 6.07) is 3.28. The summed E-state index contributed by atoms with van der Waals surface area (Å²) in [6.45, 7) is 0. The molecule has 2 rings (SSSR count). The number of hydrogen-bond donors (Lipinski definition) is 2. The number of nitrogen functional groups attached to an aromatic ring is 1. The average Bonchev–Trinajstić information content (AvgIpc) is 2.71. The first-order chi connectivity index (χ1) is 7.27. The second-order valence-corrected chi connectivity index (χ2v) is 3.62. The van der Waals surface area contributed by atoms with Gasteiger partial charge in [0.1, 0.15) is 5.82 Å². The van der Waals surface area contributed by atoms with Crippen LogP contribution in [0.25, 0.3) is 0 Å². The minimum atomic E-state index is -0.296. The predicted octanol–water partition coefficient (Wildman–Crippen LogP) is 1.37. The number of nitrogens with one attached hydrogen (secondary N) is 1. The van der Waals surface area contributed by atoms with Crippen molar-refractivity contribution in [1.82, 2.24) is 9.97 Å². The van der Waals surface area contributed by atoms with Gasteiger partial charge in [-0.25, -0.2) is 9.97 Å². The van der Waals surface area contributed by atoms with Crippen LogP contribution in [0.15, 0.2) is 29.9 Å². The molecule has 0 aliphatic carbocycles. The number of nitrogens with two attached hydrogens (primary N) is 1. The molecule has 0 unspecified atom stereocenters. The normalized spacial score (nSPS) is 9.87. The first-order valence-electron chi connectivity index (χ1n) is 4.18. The number of anilines is 2. The standard InChI is InChI=1S/C9H8N4OS/c10-7-6(2-1-3-11-7)8(14)13-9-12-4-5-15-9/h1-5H,(H2,10,11)(H,12,13,14). The maximum atomic E-state index is 11.7. The van der Waals surface area contributed by atoms with Gasteiger partial charge in [-0.15, -0.1) is 11.3 Å². The summed E-state index contributed by atoms with van der Waals surface area (Å²) in [5, 5.41) is 4.95. The Morgan fingerprint density at radius 2 is 2.27 bits per heavy atom. The molecule has 0 aliphatic rings. The summed E-state index contributed by atoms with van der Waals surface area (Å²) in [5.74, 6) is -0.0814. The van der Waals surface area contributed by atoms with Crippen molar-refractivity contribution in [2.75, 3.05) is 11.1 Å². The Labute approximate surface area is 90.0 Å². The predicted molar refractivity (Wildman–Crippen MR) is 58.7 cm³/mol. The first kappa shape index (κ1) is 9.60. The number of nitrogens with zero attached hydrogens (tertiary/aromatic N) is 2. The fourth-order valence-electron chi connectivity index (χ4n) is 1.06. The summed E-state index contributed by atoms with van der Waals surface area (Å²) < 4.78 is 0. The van der Waals surface area contributed by atoms with E-state index in [-0.39, 0.29) is 11.7 Å². The van der Waals surface area contributed by atoms with Gasteiger partial charge in [-0.05, 0) is 12.1 Å². The van der Waals surface area contributed by atoms with Crippen molar-refractivity contribution in [1.29, 1.82) is 0 Å². The largest absolute Gasteiger partial charge is 0.383 e. The molecule has 0 radical (unpaired) electrons. The molecule has 0 spiro atoms. The van der Waals surface area contributed by atoms with E-state index in [4.69, 9.17) is 5.73 Å². The van der Waals surface area contributed by atoms with Crippen LogP contribution in [-0.2, 0) is 0 Å². The van der Waals surface area contributed by atoms with Gasteiger partial charge >= 0.3 is 0 Å². The van der Waals surface area contributed by atoms with Crippen molar-refractivity contribution >= 4 is 28.2 Å². The molecule has 3 N–H and O–H groups in total. The van der Waals surface area contributed by atoms with E-state index in [1.54, 1.807) is 23.7 Å². The van der Waals surface area contributed by atoms with Gasteiger partial charge in [-0.1, -0.05) is 0 Å². The quantitative estimate of drug-likeness (QED) is 0.801. The lowest BCUT2D eigenvalue weighted by molar-refractivity contribution is 0.102. The van der Waals surface area contributed by atoms with E-state index in [9.17, 15) is 4.79 Å². The third kappa shape index (κ3) is 2.10. The van der Waals surface area contributed by atoms with Crippen LogP contribution in [0.1, 0.15) is 10.4 Å². The van der Waals surface area contributed by atoms with E-state index >= 15 is 0 Å². The Hall–Kier alpha value is -1.95. The smallest absolute Gasteiger partial charge is 0.261 e. The number of carbonyl (C=O) groups is 1. The molecule has 0 atom stereocenters. The van der Waals surface area contributed by atoms with E-state index < -0.39 is 0 Å². The van der Waals surface area contributed by atoms with E-state index in [0.717, 1.165) is 0 Å². The van der Waals surface area contributed by atoms with Crippen LogP contribution in [0.3, 0.4) is 0 Å². The average molecular weight is 220 g/mol. The zero-order valence-electron chi connectivity index (χ0n) is 7.68. The molecule has 2 aromatic rings. The van der Waals surface area contributed by atoms with Gasteiger partial charge in [0.05, 0.1) is 5.56 Å². The van der Waals surface area contributed by atoms with Crippen molar-refractivity contribution in [3.05, 3.63) is 35.5 Å². The molecular weight excluding hydrogens is 212 g/mol. The van der Waals surface area contributed by atoms with Gasteiger partial charge in [0.25, 0.3) is 5.91 Å². The van der Waals surface area contributed by atoms with E-state index in [1.165, 1.54) is 17.5 Å². The number of hydrogen-bond acceptors (Lipinski definition) is 5. The monoisotopic (exact) mass is 220 g/mol. The second-order valence-electron chi connectivity index (χ2n) is 2.73. The third-order valence-electron chi connectivity index (χ3n) is 1.74. The fraction of sp³-hybridized carbons (Fsp3) is 0. The van der Waals surface area contributed by atoms with Crippen molar-refractivity contribution in [3.8, 4) is 0 Å². The van der Waals surface area contributed by atoms with Crippen LogP contribution in [0.4, 0.5) is 10.9 Å². The van der Waals surface area contributed by atoms with Crippen LogP contribution in [0.2, 0.25) is 0 Å². The molecule has 0 bridgehead atoms. The lowest BCUT2D eigenvalue weighted by Crippen LogP contribution is -2.14. The molecule has 1 amide bonds. The zero-order valence-corrected chi connectivity index (χ0v) is 8.49. The molecule has 76 valence electrons. The van der Waals surface area contributed by atoms with Gasteiger partial charge in [-0.3, -0.25) is 10.1 Å². The Bertz CT molecular complexity index is 469. The summed E-state index contributed by atoms with van der Waals surface area (Å²) in [7, 11) is 0. The molecule has 6 heteroatoms. The minimum absolute atomic E-state index is 0.214. The summed E-state index contributed by atoms with van der Waals surface area (Å²) in [5.41, 5.74) is 5.92. The van der Waals surface area contributed by atoms with Gasteiger partial charge < -0.3 is 5.73 Å². The Kier molecular flexibility index (Phi) is 2.59. The SMILES string of the molecule is Nc1ncccc1C(=O)Nc1nccs1. The molecule has 15 heavy (non-hydrogen) atoms. The molecule has 0 fully saturated rings. The second kappa shape index (κ2) is 4.05. The highest BCUT2D eigenvalue weighted by molar-refractivity contribution is 7.13. The lowest BCUT2D eigenvalue weighted by atomic mass is 10.2. The highest BCUT2D eigenvalue weighted by atomic mass is 32.1. The maximum Gasteiger partial charge on any atom is 0.261 e. The number of thiazole rings is 1. The van der Waals surface area contributed by atoms with Gasteiger partial charge in [0.15, 0.2) is 5.13 Å². The van der Waals surface area contributed by atoms with Crippen molar-refractivity contribution in [3.63, 3.8) is 0 Å². The number of rotatable bonds is 2. The Balaban J connectivity index is 2.19. The minimum Gasteiger partial charge on any atom is -0.383 e. The number of pyridine rings is 1. The Morgan fingerprint density at radius 3 is 2.93 bits per heavy atom. The molecule has 0 saturated carbocycles. The van der Waals surface area contributed by atoms with E-state index in [0.29, 0.717) is 10.7 Å². The number of aromatic nitrogens is 2. The van der Waals surface area contributed by atoms with Crippen molar-refractivity contribution < 1.29 is 4.79 Å². The molecular formula is C9H8N4OS. The first-order valence-corrected chi connectivity index (χ1v) is 5.06. The molecule has 0 aliphatic heterocycles. The maximum absolute atomic E-state index is 11.7. The highest BCUT2D eigenvalue weighted by Crippen LogP contribution is 2.14. The van der Waals surface area contributed by atoms with E-state index in [1.807, 2.05) is 0 Å². The van der Waals surface area contributed by atoms with Crippen molar-refractivity contribution in [2.24, 2.45) is 0 Å². The third-order valence-corrected chi connectivity index (χ3v) is 2.42. The van der Waals surface area contributed by atoms with Gasteiger partial charge in [0.2, 0.25) is 0 Å². The molecule has 5 nitrogen and oxygen atoms in total. The van der Waals surface area contributed by atoms with Crippen LogP contribution < -0.4 is 11.1 Å². The fourth-order valence-corrected chi connectivity index (χ4v) is 1.58. The van der Waals surface area contributed by atoms with Crippen LogP contribution >= 0.6 is 11.3 Å². The summed E-state index contributed by atoms with van der Waals surface area (Å²) in [4.78, 5) is 19.4. The lowest BCUT2D eigenvalue weighted by Gasteiger charge is -2.03. The Morgan fingerprint density at radius 1 is 1.40 bits per heavy atom. The van der Waals surface area contributed by atoms with E-state index in [2.05, 4.69) is 15.3 Å². The zero-order chi connectivity index (χ0) is 10.7. The topological polar surface area (TPSA) is 80.9 Å². The van der Waals surface area contributed by atoms with Gasteiger partial charge in [0, 0.05) is 17.8 Å². The molecule has 0 aromatic carbocycles. The molecule has 2 aromatic heterocycles. The molecule has 2 heterocycles. The van der Waals surface area contributed by atoms with Gasteiger partial charge in [-0.2, -0.15) is 0 Å². The van der Waals surface area contributed by atoms with Crippen LogP contribution in [0, 0.1) is 0 Å². The van der Waals surface area contributed by atoms with Crippen LogP contribution in [-0.4, -0.2) is 15.9 Å². The molecule has 0 saturated heterocycles. The number of amides is 1. The number of carbonyl (C=O) groups excluding carboxylic acids is 1. The highest BCUT2D eigenvalue weighted by Gasteiger charge is 2.10. The summed E-state index contributed by atoms with van der Waals surface area (Å²) >= 11 is 1.35. The summed E-state index contributed by atoms with van der Waals surface area (Å²) in [6.07, 6.45) is 3.16. The van der Waals surface area contributed by atoms with Crippen molar-refractivity contribution in [2.45, 2.75) is 0 Å².